The minimum Gasteiger partial charge on any atom is -0.326 e. The molecule has 16 heteroatoms. The van der Waals surface area contributed by atoms with Crippen molar-refractivity contribution in [1.29, 1.82) is 10.5 Å². The maximum absolute atomic E-state index is 11.6. The summed E-state index contributed by atoms with van der Waals surface area (Å²) in [5.41, 5.74) is 6.93. The molecule has 5 heterocycles. The van der Waals surface area contributed by atoms with Crippen molar-refractivity contribution in [1.82, 2.24) is 24.1 Å². The van der Waals surface area contributed by atoms with E-state index >= 15 is 0 Å². The van der Waals surface area contributed by atoms with Crippen LogP contribution < -0.4 is 5.32 Å². The van der Waals surface area contributed by atoms with E-state index in [-0.39, 0.29) is 5.91 Å². The maximum atomic E-state index is 11.6. The summed E-state index contributed by atoms with van der Waals surface area (Å²) >= 11 is 31.8. The van der Waals surface area contributed by atoms with Crippen LogP contribution in [0.5, 0.6) is 0 Å². The number of amides is 1. The Bertz CT molecular complexity index is 3280. The largest absolute Gasteiger partial charge is 0.326 e. The second-order valence-electron chi connectivity index (χ2n) is 14.3. The smallest absolute Gasteiger partial charge is 0.222 e. The number of imidazole rings is 2. The Balaban J connectivity index is 0.000000184. The van der Waals surface area contributed by atoms with Gasteiger partial charge >= 0.3 is 0 Å². The average molecular weight is 1030 g/mol. The summed E-state index contributed by atoms with van der Waals surface area (Å²) in [6.07, 6.45) is 8.98. The van der Waals surface area contributed by atoms with Gasteiger partial charge in [-0.2, -0.15) is 10.5 Å². The van der Waals surface area contributed by atoms with E-state index in [4.69, 9.17) is 46.4 Å². The van der Waals surface area contributed by atoms with Crippen LogP contribution in [0.4, 0.5) is 5.82 Å². The van der Waals surface area contributed by atoms with E-state index in [9.17, 15) is 15.3 Å². The molecule has 0 atom stereocenters. The average Bonchev–Trinajstić information content (AvgIpc) is 4.10. The summed E-state index contributed by atoms with van der Waals surface area (Å²) in [7, 11) is 0. The normalized spacial score (nSPS) is 10.8. The second-order valence-corrected chi connectivity index (χ2v) is 19.3. The molecule has 0 bridgehead atoms. The quantitative estimate of drug-likeness (QED) is 0.145. The number of pyridine rings is 1. The van der Waals surface area contributed by atoms with Crippen molar-refractivity contribution in [3.05, 3.63) is 186 Å². The zero-order valence-electron chi connectivity index (χ0n) is 33.9. The standard InChI is InChI=1S/C28H19Cl2N5OS.C21H12BrCl2N3S/c1-17(36)34-24-13-19(9-10-32-24)26-22(15-31)25(21-8-7-20(29)14-23(21)30)27(37-26)28-33-11-12-35(28)16-18-5-3-2-4-6-18;22-20-16(11-25)18(15-7-6-14(23)10-17(15)24)19(28-20)21-26-8-9-27(21)12-13-4-2-1-3-5-13/h2-14H,16H2,1H3,(H,32,34,36);1-10H,12H2. The zero-order valence-corrected chi connectivity index (χ0v) is 40.2. The van der Waals surface area contributed by atoms with Gasteiger partial charge in [0.15, 0.2) is 11.6 Å². The minimum absolute atomic E-state index is 0.228. The van der Waals surface area contributed by atoms with Gasteiger partial charge in [-0.3, -0.25) is 4.79 Å². The van der Waals surface area contributed by atoms with Crippen LogP contribution in [0.1, 0.15) is 29.2 Å². The fourth-order valence-corrected chi connectivity index (χ4v) is 11.2. The number of aromatic nitrogens is 5. The van der Waals surface area contributed by atoms with Gasteiger partial charge in [-0.1, -0.05) is 119 Å². The first-order chi connectivity index (χ1) is 31.5. The van der Waals surface area contributed by atoms with Crippen LogP contribution in [0.15, 0.2) is 144 Å². The SMILES string of the molecule is CC(=O)Nc1cc(-c2sc(-c3nccn3Cc3ccccc3)c(-c3ccc(Cl)cc3Cl)c2C#N)ccn1.N#Cc1c(Br)sc(-c2nccn2Cc2ccccc2)c1-c1ccc(Cl)cc1Cl. The fraction of sp³-hybridized carbons (Fsp3) is 0.0612. The van der Waals surface area contributed by atoms with Crippen LogP contribution in [0, 0.1) is 22.7 Å². The van der Waals surface area contributed by atoms with Crippen LogP contribution in [-0.2, 0) is 17.9 Å². The molecule has 0 unspecified atom stereocenters. The van der Waals surface area contributed by atoms with Crippen molar-refractivity contribution in [2.75, 3.05) is 5.32 Å². The van der Waals surface area contributed by atoms with Crippen molar-refractivity contribution in [2.45, 2.75) is 20.0 Å². The Morgan fingerprint density at radius 1 is 0.646 bits per heavy atom. The number of nitrogens with zero attached hydrogens (tertiary/aromatic N) is 7. The predicted molar refractivity (Wildman–Crippen MR) is 268 cm³/mol. The second kappa shape index (κ2) is 20.4. The van der Waals surface area contributed by atoms with E-state index < -0.39 is 0 Å². The highest BCUT2D eigenvalue weighted by atomic mass is 79.9. The van der Waals surface area contributed by atoms with E-state index in [0.717, 1.165) is 46.5 Å². The first-order valence-electron chi connectivity index (χ1n) is 19.6. The summed E-state index contributed by atoms with van der Waals surface area (Å²) in [4.78, 5) is 27.5. The summed E-state index contributed by atoms with van der Waals surface area (Å²) in [5, 5.41) is 24.8. The lowest BCUT2D eigenvalue weighted by atomic mass is 9.98. The van der Waals surface area contributed by atoms with Gasteiger partial charge in [0.05, 0.1) is 29.5 Å². The number of carbonyl (C=O) groups is 1. The third-order valence-corrected chi connectivity index (χ3v) is 14.1. The lowest BCUT2D eigenvalue weighted by Crippen LogP contribution is -2.07. The predicted octanol–water partition coefficient (Wildman–Crippen LogP) is 14.8. The number of nitrogens with one attached hydrogen (secondary N) is 1. The molecule has 9 rings (SSSR count). The molecule has 0 aliphatic carbocycles. The Morgan fingerprint density at radius 3 is 1.65 bits per heavy atom. The van der Waals surface area contributed by atoms with Crippen LogP contribution in [0.25, 0.3) is 54.1 Å². The third-order valence-electron chi connectivity index (χ3n) is 9.95. The molecule has 0 radical (unpaired) electrons. The number of thiophene rings is 2. The third kappa shape index (κ3) is 10.1. The molecule has 9 nitrogen and oxygen atoms in total. The molecule has 320 valence electrons. The van der Waals surface area contributed by atoms with Crippen LogP contribution in [-0.4, -0.2) is 30.0 Å². The van der Waals surface area contributed by atoms with Gasteiger partial charge in [-0.15, -0.1) is 22.7 Å². The zero-order chi connectivity index (χ0) is 45.6. The number of carbonyl (C=O) groups excluding carboxylic acids is 1. The summed E-state index contributed by atoms with van der Waals surface area (Å²) in [6, 6.07) is 39.0. The van der Waals surface area contributed by atoms with Gasteiger partial charge in [-0.05, 0) is 69.0 Å². The Morgan fingerprint density at radius 2 is 1.15 bits per heavy atom. The molecule has 0 spiro atoms. The van der Waals surface area contributed by atoms with E-state index in [0.29, 0.717) is 67.1 Å². The summed E-state index contributed by atoms with van der Waals surface area (Å²) < 4.78 is 4.87. The molecule has 1 amide bonds. The Hall–Kier alpha value is -6.06. The highest BCUT2D eigenvalue weighted by Crippen LogP contribution is 2.50. The molecular formula is C49H31BrCl4N8OS2. The summed E-state index contributed by atoms with van der Waals surface area (Å²) in [6.45, 7) is 2.72. The Kier molecular flexibility index (Phi) is 14.3. The lowest BCUT2D eigenvalue weighted by molar-refractivity contribution is -0.114. The minimum atomic E-state index is -0.228. The van der Waals surface area contributed by atoms with Crippen LogP contribution in [0.2, 0.25) is 20.1 Å². The van der Waals surface area contributed by atoms with Crippen LogP contribution in [0.3, 0.4) is 0 Å². The number of benzene rings is 4. The molecule has 0 aliphatic rings. The lowest BCUT2D eigenvalue weighted by Gasteiger charge is -2.10. The number of anilines is 1. The highest BCUT2D eigenvalue weighted by molar-refractivity contribution is 9.11. The first kappa shape index (κ1) is 45.5. The first-order valence-corrected chi connectivity index (χ1v) is 23.5. The van der Waals surface area contributed by atoms with Crippen molar-refractivity contribution in [3.8, 4) is 66.2 Å². The topological polar surface area (TPSA) is 125 Å². The molecule has 9 aromatic rings. The number of halogens is 5. The Labute approximate surface area is 410 Å². The van der Waals surface area contributed by atoms with Crippen LogP contribution >= 0.6 is 85.0 Å². The molecular weight excluding hydrogens is 1000 g/mol. The fourth-order valence-electron chi connectivity index (χ4n) is 7.13. The molecule has 5 aromatic heterocycles. The number of nitriles is 2. The van der Waals surface area contributed by atoms with E-state index in [1.165, 1.54) is 35.2 Å². The van der Waals surface area contributed by atoms with Crippen molar-refractivity contribution < 1.29 is 4.79 Å². The van der Waals surface area contributed by atoms with Gasteiger partial charge < -0.3 is 14.5 Å². The number of hydrogen-bond donors (Lipinski definition) is 1. The molecule has 4 aromatic carbocycles. The van der Waals surface area contributed by atoms with Crippen molar-refractivity contribution in [3.63, 3.8) is 0 Å². The molecule has 0 saturated heterocycles. The maximum Gasteiger partial charge on any atom is 0.222 e. The van der Waals surface area contributed by atoms with E-state index in [2.05, 4.69) is 81.7 Å². The molecule has 0 aliphatic heterocycles. The van der Waals surface area contributed by atoms with Gasteiger partial charge in [0.25, 0.3) is 0 Å². The molecule has 0 saturated carbocycles. The van der Waals surface area contributed by atoms with Crippen molar-refractivity contribution in [2.24, 2.45) is 0 Å². The summed E-state index contributed by atoms with van der Waals surface area (Å²) in [5.74, 6) is 1.68. The van der Waals surface area contributed by atoms with Gasteiger partial charge in [0.1, 0.15) is 18.0 Å². The molecule has 1 N–H and O–H groups in total. The highest BCUT2D eigenvalue weighted by Gasteiger charge is 2.27. The molecule has 0 fully saturated rings. The van der Waals surface area contributed by atoms with Gasteiger partial charge in [-0.25, -0.2) is 15.0 Å². The van der Waals surface area contributed by atoms with Gasteiger partial charge in [0.2, 0.25) is 5.91 Å². The number of hydrogen-bond acceptors (Lipinski definition) is 8. The van der Waals surface area contributed by atoms with E-state index in [1.54, 1.807) is 48.9 Å². The molecule has 65 heavy (non-hydrogen) atoms. The van der Waals surface area contributed by atoms with Crippen molar-refractivity contribution >= 4 is 96.7 Å². The monoisotopic (exact) mass is 1030 g/mol. The van der Waals surface area contributed by atoms with Gasteiger partial charge in [0, 0.05) is 93.3 Å². The van der Waals surface area contributed by atoms with E-state index in [1.807, 2.05) is 67.0 Å². The number of rotatable bonds is 10.